The largest absolute Gasteiger partial charge is 0.361 e. The maximum absolute atomic E-state index is 6.23. The van der Waals surface area contributed by atoms with E-state index in [1.165, 1.54) is 64.2 Å². The number of fused-ring (bicyclic) bond motifs is 1. The summed E-state index contributed by atoms with van der Waals surface area (Å²) in [4.78, 5) is 15.0. The third-order valence-electron chi connectivity index (χ3n) is 7.46. The normalized spacial score (nSPS) is 19.2. The lowest BCUT2D eigenvalue weighted by Crippen LogP contribution is -2.17. The predicted octanol–water partition coefficient (Wildman–Crippen LogP) is 5.70. The number of aryl methyl sites for hydroxylation is 1. The summed E-state index contributed by atoms with van der Waals surface area (Å²) < 4.78 is 7.84. The van der Waals surface area contributed by atoms with Gasteiger partial charge in [0.1, 0.15) is 6.23 Å². The van der Waals surface area contributed by atoms with Crippen molar-refractivity contribution in [1.82, 2.24) is 39.7 Å². The second-order valence-electron chi connectivity index (χ2n) is 10.2. The van der Waals surface area contributed by atoms with Crippen molar-refractivity contribution in [1.29, 1.82) is 0 Å². The minimum Gasteiger partial charge on any atom is -0.361 e. The van der Waals surface area contributed by atoms with Gasteiger partial charge in [0.2, 0.25) is 5.28 Å². The fourth-order valence-electron chi connectivity index (χ4n) is 5.46. The molecule has 1 aliphatic carbocycles. The molecule has 1 aliphatic heterocycles. The Hall–Kier alpha value is -2.33. The Morgan fingerprint density at radius 2 is 1.81 bits per heavy atom. The van der Waals surface area contributed by atoms with E-state index in [4.69, 9.17) is 16.3 Å². The first kappa shape index (κ1) is 25.3. The van der Waals surface area contributed by atoms with Crippen LogP contribution in [0.15, 0.2) is 6.33 Å². The molecule has 0 spiro atoms. The van der Waals surface area contributed by atoms with Crippen molar-refractivity contribution in [3.05, 3.63) is 17.4 Å². The Kier molecular flexibility index (Phi) is 8.98. The number of imidazole rings is 1. The second kappa shape index (κ2) is 12.8. The molecule has 2 fully saturated rings. The number of nitrogens with zero attached hydrogens (tertiary/aromatic N) is 8. The van der Waals surface area contributed by atoms with Gasteiger partial charge in [-0.05, 0) is 48.4 Å². The molecule has 1 atom stereocenters. The quantitative estimate of drug-likeness (QED) is 0.242. The number of ether oxygens (including phenoxy) is 1. The molecule has 3 aromatic rings. The van der Waals surface area contributed by atoms with Gasteiger partial charge in [-0.1, -0.05) is 64.2 Å². The van der Waals surface area contributed by atoms with E-state index < -0.39 is 0 Å². The average molecular weight is 516 g/mol. The summed E-state index contributed by atoms with van der Waals surface area (Å²) in [6.07, 6.45) is 19.8. The molecule has 1 saturated heterocycles. The van der Waals surface area contributed by atoms with Gasteiger partial charge in [0.25, 0.3) is 0 Å². The minimum absolute atomic E-state index is 0.0685. The lowest BCUT2D eigenvalue weighted by molar-refractivity contribution is -0.0298. The van der Waals surface area contributed by atoms with Crippen LogP contribution < -0.4 is 5.32 Å². The highest BCUT2D eigenvalue weighted by Gasteiger charge is 2.21. The lowest BCUT2D eigenvalue weighted by atomic mass is 9.85. The third-order valence-corrected chi connectivity index (χ3v) is 7.63. The van der Waals surface area contributed by atoms with Crippen LogP contribution in [0, 0.1) is 5.92 Å². The van der Waals surface area contributed by atoms with Gasteiger partial charge in [-0.2, -0.15) is 14.8 Å². The number of anilines is 1. The van der Waals surface area contributed by atoms with Crippen LogP contribution >= 0.6 is 11.6 Å². The molecular weight excluding hydrogens is 478 g/mol. The summed E-state index contributed by atoms with van der Waals surface area (Å²) in [7, 11) is 0. The molecule has 11 heteroatoms. The molecule has 196 valence electrons. The van der Waals surface area contributed by atoms with Crippen LogP contribution in [-0.4, -0.2) is 46.3 Å². The van der Waals surface area contributed by atoms with Gasteiger partial charge in [0.15, 0.2) is 22.8 Å². The van der Waals surface area contributed by atoms with Crippen molar-refractivity contribution in [2.75, 3.05) is 11.9 Å². The molecule has 0 aromatic carbocycles. The van der Waals surface area contributed by atoms with E-state index in [0.717, 1.165) is 44.8 Å². The number of unbranched alkanes of at least 4 members (excludes halogenated alkanes) is 4. The smallest absolute Gasteiger partial charge is 0.226 e. The summed E-state index contributed by atoms with van der Waals surface area (Å²) in [5, 5.41) is 16.3. The predicted molar refractivity (Wildman–Crippen MR) is 139 cm³/mol. The Morgan fingerprint density at radius 1 is 0.972 bits per heavy atom. The number of hydrogen-bond acceptors (Lipinski definition) is 8. The van der Waals surface area contributed by atoms with Gasteiger partial charge in [-0.3, -0.25) is 4.57 Å². The van der Waals surface area contributed by atoms with Crippen LogP contribution in [0.2, 0.25) is 5.28 Å². The highest BCUT2D eigenvalue weighted by atomic mass is 35.5. The fourth-order valence-corrected chi connectivity index (χ4v) is 5.63. The van der Waals surface area contributed by atoms with Gasteiger partial charge in [-0.15, -0.1) is 10.2 Å². The van der Waals surface area contributed by atoms with Crippen molar-refractivity contribution >= 4 is 28.6 Å². The number of tetrazole rings is 1. The van der Waals surface area contributed by atoms with Gasteiger partial charge < -0.3 is 10.1 Å². The van der Waals surface area contributed by atoms with Crippen LogP contribution in [0.25, 0.3) is 11.2 Å². The zero-order chi connectivity index (χ0) is 24.6. The average Bonchev–Trinajstić information content (AvgIpc) is 3.55. The van der Waals surface area contributed by atoms with Gasteiger partial charge >= 0.3 is 0 Å². The topological polar surface area (TPSA) is 108 Å². The molecule has 10 nitrogen and oxygen atoms in total. The van der Waals surface area contributed by atoms with E-state index >= 15 is 0 Å². The molecule has 1 N–H and O–H groups in total. The molecule has 4 heterocycles. The lowest BCUT2D eigenvalue weighted by Gasteiger charge is -2.23. The SMILES string of the molecule is Clc1nc(NCc2nnn(CCCCCCCC3CCCCC3)n2)c2ncn(C3CCCCO3)c2n1. The molecule has 0 amide bonds. The highest BCUT2D eigenvalue weighted by molar-refractivity contribution is 6.28. The first-order chi connectivity index (χ1) is 17.8. The number of halogens is 1. The van der Waals surface area contributed by atoms with Crippen molar-refractivity contribution in [2.24, 2.45) is 5.92 Å². The van der Waals surface area contributed by atoms with E-state index in [-0.39, 0.29) is 11.5 Å². The van der Waals surface area contributed by atoms with Crippen LogP contribution in [0.1, 0.15) is 102 Å². The van der Waals surface area contributed by atoms with E-state index in [9.17, 15) is 0 Å². The van der Waals surface area contributed by atoms with Gasteiger partial charge in [0, 0.05) is 6.61 Å². The van der Waals surface area contributed by atoms with Gasteiger partial charge in [0.05, 0.1) is 19.4 Å². The summed E-state index contributed by atoms with van der Waals surface area (Å²) in [6.45, 7) is 1.93. The number of rotatable bonds is 12. The Balaban J connectivity index is 1.06. The van der Waals surface area contributed by atoms with Crippen molar-refractivity contribution in [2.45, 2.75) is 109 Å². The molecule has 1 unspecified atom stereocenters. The number of aromatic nitrogens is 8. The van der Waals surface area contributed by atoms with E-state index in [1.54, 1.807) is 11.1 Å². The molecule has 0 bridgehead atoms. The van der Waals surface area contributed by atoms with Crippen LogP contribution in [0.4, 0.5) is 5.82 Å². The first-order valence-corrected chi connectivity index (χ1v) is 14.2. The molecule has 1 saturated carbocycles. The minimum atomic E-state index is -0.0685. The summed E-state index contributed by atoms with van der Waals surface area (Å²) in [5.74, 6) is 2.17. The van der Waals surface area contributed by atoms with Crippen molar-refractivity contribution < 1.29 is 4.74 Å². The molecule has 5 rings (SSSR count). The van der Waals surface area contributed by atoms with E-state index in [0.29, 0.717) is 29.4 Å². The highest BCUT2D eigenvalue weighted by Crippen LogP contribution is 2.29. The Bertz CT molecular complexity index is 1090. The number of nitrogens with one attached hydrogen (secondary N) is 1. The third kappa shape index (κ3) is 6.70. The zero-order valence-electron chi connectivity index (χ0n) is 21.1. The maximum Gasteiger partial charge on any atom is 0.226 e. The molecular formula is C25H38ClN9O. The van der Waals surface area contributed by atoms with E-state index in [2.05, 4.69) is 35.7 Å². The monoisotopic (exact) mass is 515 g/mol. The first-order valence-electron chi connectivity index (χ1n) is 13.8. The molecule has 36 heavy (non-hydrogen) atoms. The molecule has 0 radical (unpaired) electrons. The van der Waals surface area contributed by atoms with Crippen LogP contribution in [-0.2, 0) is 17.8 Å². The van der Waals surface area contributed by atoms with Crippen molar-refractivity contribution in [3.63, 3.8) is 0 Å². The zero-order valence-corrected chi connectivity index (χ0v) is 21.9. The fraction of sp³-hybridized carbons (Fsp3) is 0.760. The molecule has 3 aromatic heterocycles. The molecule has 2 aliphatic rings. The second-order valence-corrected chi connectivity index (χ2v) is 10.5. The summed E-state index contributed by atoms with van der Waals surface area (Å²) in [5.41, 5.74) is 1.32. The summed E-state index contributed by atoms with van der Waals surface area (Å²) in [6, 6.07) is 0. The van der Waals surface area contributed by atoms with Gasteiger partial charge in [-0.25, -0.2) is 4.98 Å². The van der Waals surface area contributed by atoms with Crippen LogP contribution in [0.3, 0.4) is 0 Å². The standard InChI is InChI=1S/C25H38ClN9O/c26-25-29-23(22-24(30-25)34(18-28-22)21-14-8-10-16-36-21)27-17-20-31-33-35(32-20)15-9-3-1-2-5-11-19-12-6-4-7-13-19/h18-19,21H,1-17H2,(H,27,29,30). The number of hydrogen-bond donors (Lipinski definition) is 1. The Labute approximate surface area is 217 Å². The van der Waals surface area contributed by atoms with Crippen molar-refractivity contribution in [3.8, 4) is 0 Å². The summed E-state index contributed by atoms with van der Waals surface area (Å²) >= 11 is 6.23. The Morgan fingerprint density at radius 3 is 2.67 bits per heavy atom. The van der Waals surface area contributed by atoms with E-state index in [1.807, 2.05) is 4.57 Å². The van der Waals surface area contributed by atoms with Crippen LogP contribution in [0.5, 0.6) is 0 Å². The maximum atomic E-state index is 6.23.